The van der Waals surface area contributed by atoms with Gasteiger partial charge in [0.1, 0.15) is 6.61 Å². The first-order chi connectivity index (χ1) is 11.0. The zero-order valence-corrected chi connectivity index (χ0v) is 13.5. The van der Waals surface area contributed by atoms with E-state index in [1.807, 2.05) is 0 Å². The summed E-state index contributed by atoms with van der Waals surface area (Å²) in [6.07, 6.45) is 2.80. The molecule has 6 heteroatoms. The Morgan fingerprint density at radius 1 is 1.13 bits per heavy atom. The second-order valence-corrected chi connectivity index (χ2v) is 6.57. The van der Waals surface area contributed by atoms with Gasteiger partial charge in [-0.2, -0.15) is 0 Å². The van der Waals surface area contributed by atoms with Crippen LogP contribution in [0.3, 0.4) is 0 Å². The molecule has 0 unspecified atom stereocenters. The normalized spacial score (nSPS) is 19.1. The topological polar surface area (TPSA) is 63.7 Å². The van der Waals surface area contributed by atoms with Crippen LogP contribution in [0.1, 0.15) is 44.1 Å². The third kappa shape index (κ3) is 3.24. The van der Waals surface area contributed by atoms with Crippen LogP contribution in [0.15, 0.2) is 24.3 Å². The number of halogens is 1. The molecule has 1 aromatic carbocycles. The van der Waals surface area contributed by atoms with Gasteiger partial charge in [-0.1, -0.05) is 23.7 Å². The first-order valence-corrected chi connectivity index (χ1v) is 8.14. The summed E-state index contributed by atoms with van der Waals surface area (Å²) in [5.74, 6) is -0.531. The fourth-order valence-corrected chi connectivity index (χ4v) is 3.56. The van der Waals surface area contributed by atoms with Gasteiger partial charge in [-0.25, -0.2) is 0 Å². The van der Waals surface area contributed by atoms with Crippen LogP contribution in [0.4, 0.5) is 0 Å². The van der Waals surface area contributed by atoms with Gasteiger partial charge in [-0.15, -0.1) is 0 Å². The smallest absolute Gasteiger partial charge is 0.306 e. The van der Waals surface area contributed by atoms with Crippen molar-refractivity contribution in [2.24, 2.45) is 0 Å². The van der Waals surface area contributed by atoms with Gasteiger partial charge in [0, 0.05) is 24.3 Å². The van der Waals surface area contributed by atoms with E-state index in [1.165, 1.54) is 4.90 Å². The van der Waals surface area contributed by atoms with E-state index >= 15 is 0 Å². The van der Waals surface area contributed by atoms with Crippen molar-refractivity contribution in [1.82, 2.24) is 4.90 Å². The summed E-state index contributed by atoms with van der Waals surface area (Å²) in [7, 11) is 0. The van der Waals surface area contributed by atoms with E-state index < -0.39 is 5.54 Å². The van der Waals surface area contributed by atoms with Gasteiger partial charge in [0.2, 0.25) is 11.8 Å². The molecular weight excluding hydrogens is 318 g/mol. The summed E-state index contributed by atoms with van der Waals surface area (Å²) in [5, 5.41) is 0.635. The van der Waals surface area contributed by atoms with E-state index in [4.69, 9.17) is 16.3 Å². The molecule has 1 aromatic rings. The fraction of sp³-hybridized carbons (Fsp3) is 0.471. The van der Waals surface area contributed by atoms with Crippen LogP contribution in [0.5, 0.6) is 0 Å². The van der Waals surface area contributed by atoms with Crippen LogP contribution < -0.4 is 0 Å². The number of rotatable bonds is 5. The molecule has 0 radical (unpaired) electrons. The molecule has 2 heterocycles. The van der Waals surface area contributed by atoms with Gasteiger partial charge in [0.15, 0.2) is 0 Å². The highest BCUT2D eigenvalue weighted by atomic mass is 35.5. The average Bonchev–Trinajstić information content (AvgIpc) is 3.04. The molecule has 0 bridgehead atoms. The van der Waals surface area contributed by atoms with Crippen molar-refractivity contribution >= 4 is 29.4 Å². The third-order valence-electron chi connectivity index (χ3n) is 4.69. The monoisotopic (exact) mass is 335 g/mol. The molecule has 0 aromatic heterocycles. The summed E-state index contributed by atoms with van der Waals surface area (Å²) in [6, 6.07) is 7.11. The second-order valence-electron chi connectivity index (χ2n) is 6.13. The Labute approximate surface area is 139 Å². The molecule has 23 heavy (non-hydrogen) atoms. The Hall–Kier alpha value is -1.88. The predicted molar refractivity (Wildman–Crippen MR) is 83.5 cm³/mol. The largest absolute Gasteiger partial charge is 0.461 e. The first-order valence-electron chi connectivity index (χ1n) is 7.76. The Morgan fingerprint density at radius 3 is 2.35 bits per heavy atom. The number of esters is 1. The SMILES string of the molecule is O=C(CCC12CCC(=O)N1C(=O)CC2)OCc1ccc(Cl)cc1. The molecule has 2 aliphatic rings. The molecule has 0 N–H and O–H groups in total. The van der Waals surface area contributed by atoms with Gasteiger partial charge >= 0.3 is 5.97 Å². The van der Waals surface area contributed by atoms with Crippen LogP contribution in [0, 0.1) is 0 Å². The Bertz CT molecular complexity index is 620. The number of ether oxygens (including phenoxy) is 1. The minimum atomic E-state index is -0.451. The lowest BCUT2D eigenvalue weighted by atomic mass is 9.89. The van der Waals surface area contributed by atoms with E-state index in [0.717, 1.165) is 5.56 Å². The Balaban J connectivity index is 1.52. The molecule has 2 amide bonds. The summed E-state index contributed by atoms with van der Waals surface area (Å²) in [4.78, 5) is 37.0. The highest BCUT2D eigenvalue weighted by Gasteiger charge is 2.52. The molecule has 2 fully saturated rings. The van der Waals surface area contributed by atoms with Gasteiger partial charge in [0.05, 0.1) is 5.54 Å². The highest BCUT2D eigenvalue weighted by Crippen LogP contribution is 2.43. The lowest BCUT2D eigenvalue weighted by molar-refractivity contribution is -0.148. The lowest BCUT2D eigenvalue weighted by Crippen LogP contribution is -2.42. The van der Waals surface area contributed by atoms with Gasteiger partial charge in [0.25, 0.3) is 0 Å². The van der Waals surface area contributed by atoms with E-state index in [-0.39, 0.29) is 30.8 Å². The highest BCUT2D eigenvalue weighted by molar-refractivity contribution is 6.30. The molecule has 0 saturated carbocycles. The van der Waals surface area contributed by atoms with Gasteiger partial charge in [-0.05, 0) is 37.0 Å². The number of hydrogen-bond donors (Lipinski definition) is 0. The molecule has 3 rings (SSSR count). The van der Waals surface area contributed by atoms with Crippen LogP contribution in [0.25, 0.3) is 0 Å². The first kappa shape index (κ1) is 16.0. The molecule has 0 atom stereocenters. The number of amides is 2. The van der Waals surface area contributed by atoms with Crippen molar-refractivity contribution in [2.45, 2.75) is 50.7 Å². The number of nitrogens with zero attached hydrogens (tertiary/aromatic N) is 1. The minimum Gasteiger partial charge on any atom is -0.461 e. The van der Waals surface area contributed by atoms with Crippen LogP contribution in [-0.4, -0.2) is 28.2 Å². The zero-order valence-electron chi connectivity index (χ0n) is 12.7. The fourth-order valence-electron chi connectivity index (χ4n) is 3.43. The van der Waals surface area contributed by atoms with Gasteiger partial charge in [-0.3, -0.25) is 19.3 Å². The maximum absolute atomic E-state index is 12.0. The van der Waals surface area contributed by atoms with Crippen molar-refractivity contribution in [3.05, 3.63) is 34.9 Å². The Kier molecular flexibility index (Phi) is 4.39. The van der Waals surface area contributed by atoms with Crippen molar-refractivity contribution in [3.8, 4) is 0 Å². The zero-order chi connectivity index (χ0) is 16.4. The van der Waals surface area contributed by atoms with Crippen LogP contribution >= 0.6 is 11.6 Å². The van der Waals surface area contributed by atoms with E-state index in [1.54, 1.807) is 24.3 Å². The predicted octanol–water partition coefficient (Wildman–Crippen LogP) is 2.85. The quantitative estimate of drug-likeness (QED) is 0.613. The summed E-state index contributed by atoms with van der Waals surface area (Å²) in [6.45, 7) is 0.199. The van der Waals surface area contributed by atoms with E-state index in [0.29, 0.717) is 37.1 Å². The number of benzene rings is 1. The molecule has 122 valence electrons. The summed E-state index contributed by atoms with van der Waals surface area (Å²) < 4.78 is 5.26. The summed E-state index contributed by atoms with van der Waals surface area (Å²) >= 11 is 5.80. The van der Waals surface area contributed by atoms with Crippen molar-refractivity contribution < 1.29 is 19.1 Å². The maximum atomic E-state index is 12.0. The Morgan fingerprint density at radius 2 is 1.74 bits per heavy atom. The number of hydrogen-bond acceptors (Lipinski definition) is 4. The van der Waals surface area contributed by atoms with E-state index in [9.17, 15) is 14.4 Å². The van der Waals surface area contributed by atoms with Gasteiger partial charge < -0.3 is 4.74 Å². The molecule has 0 spiro atoms. The molecule has 0 aliphatic carbocycles. The number of imide groups is 1. The molecule has 2 aliphatic heterocycles. The minimum absolute atomic E-state index is 0.109. The molecular formula is C17H18ClNO4. The van der Waals surface area contributed by atoms with Crippen LogP contribution in [0.2, 0.25) is 5.02 Å². The maximum Gasteiger partial charge on any atom is 0.306 e. The number of fused-ring (bicyclic) bond motifs is 1. The van der Waals surface area contributed by atoms with Crippen molar-refractivity contribution in [2.75, 3.05) is 0 Å². The average molecular weight is 336 g/mol. The molecule has 2 saturated heterocycles. The number of carbonyl (C=O) groups excluding carboxylic acids is 3. The second kappa shape index (κ2) is 6.32. The van der Waals surface area contributed by atoms with E-state index in [2.05, 4.69) is 0 Å². The van der Waals surface area contributed by atoms with Crippen molar-refractivity contribution in [3.63, 3.8) is 0 Å². The molecule has 5 nitrogen and oxygen atoms in total. The standard InChI is InChI=1S/C17H18ClNO4/c18-13-3-1-12(2-4-13)11-23-16(22)7-10-17-8-5-14(20)19(17)15(21)6-9-17/h1-4H,5-11H2. The number of carbonyl (C=O) groups is 3. The third-order valence-corrected chi connectivity index (χ3v) is 4.94. The van der Waals surface area contributed by atoms with Crippen molar-refractivity contribution in [1.29, 1.82) is 0 Å². The van der Waals surface area contributed by atoms with Crippen LogP contribution in [-0.2, 0) is 25.7 Å². The summed E-state index contributed by atoms with van der Waals surface area (Å²) in [5.41, 5.74) is 0.419. The lowest BCUT2D eigenvalue weighted by Gasteiger charge is -2.30.